The van der Waals surface area contributed by atoms with Crippen molar-refractivity contribution >= 4 is 33.7 Å². The van der Waals surface area contributed by atoms with E-state index in [2.05, 4.69) is 15.3 Å². The van der Waals surface area contributed by atoms with Crippen LogP contribution in [0.5, 0.6) is 0 Å². The number of hydrogen-bond acceptors (Lipinski definition) is 3. The van der Waals surface area contributed by atoms with E-state index in [1.807, 2.05) is 26.0 Å². The summed E-state index contributed by atoms with van der Waals surface area (Å²) in [5.41, 5.74) is 6.01. The molecule has 0 aliphatic carbocycles. The van der Waals surface area contributed by atoms with Crippen LogP contribution in [0.15, 0.2) is 67.0 Å². The van der Waals surface area contributed by atoms with Crippen LogP contribution in [-0.4, -0.2) is 25.0 Å². The van der Waals surface area contributed by atoms with Gasteiger partial charge in [0.1, 0.15) is 12.4 Å². The third kappa shape index (κ3) is 3.84. The van der Waals surface area contributed by atoms with E-state index in [0.717, 1.165) is 26.7 Å². The Labute approximate surface area is 188 Å². The fourth-order valence-corrected chi connectivity index (χ4v) is 3.94. The van der Waals surface area contributed by atoms with Gasteiger partial charge in [-0.15, -0.1) is 0 Å². The lowest BCUT2D eigenvalue weighted by molar-refractivity contribution is -0.116. The van der Waals surface area contributed by atoms with Crippen molar-refractivity contribution in [3.05, 3.63) is 78.1 Å². The van der Waals surface area contributed by atoms with Crippen molar-refractivity contribution in [2.75, 3.05) is 5.32 Å². The molecular weight excluding hydrogens is 424 g/mol. The van der Waals surface area contributed by atoms with Crippen LogP contribution < -0.4 is 5.32 Å². The second kappa shape index (κ2) is 8.12. The number of para-hydroxylation sites is 2. The molecule has 1 N–H and O–H groups in total. The standard InChI is InChI=1S/C25H21F2N5O/c1-15-11-20-22(12-16(15)2)31(14-28-20)13-23(33)29-18-9-7-17(8-10-18)24-30-19-5-3-4-6-21(19)32(24)25(26)27/h3-12,14,25H,13H2,1-2H3,(H,29,33). The van der Waals surface area contributed by atoms with Gasteiger partial charge in [-0.1, -0.05) is 12.1 Å². The molecular formula is C25H21F2N5O. The van der Waals surface area contributed by atoms with E-state index in [4.69, 9.17) is 0 Å². The Hall–Kier alpha value is -4.07. The van der Waals surface area contributed by atoms with E-state index in [9.17, 15) is 13.6 Å². The Morgan fingerprint density at radius 3 is 2.45 bits per heavy atom. The molecule has 0 saturated carbocycles. The Bertz CT molecular complexity index is 1480. The molecule has 8 heteroatoms. The van der Waals surface area contributed by atoms with Gasteiger partial charge in [-0.05, 0) is 73.5 Å². The molecule has 33 heavy (non-hydrogen) atoms. The third-order valence-electron chi connectivity index (χ3n) is 5.77. The molecule has 1 amide bonds. The fourth-order valence-electron chi connectivity index (χ4n) is 3.94. The topological polar surface area (TPSA) is 64.7 Å². The molecule has 0 unspecified atom stereocenters. The lowest BCUT2D eigenvalue weighted by Crippen LogP contribution is -2.18. The van der Waals surface area contributed by atoms with E-state index in [1.165, 1.54) is 0 Å². The van der Waals surface area contributed by atoms with Crippen LogP contribution >= 0.6 is 0 Å². The maximum atomic E-state index is 13.7. The smallest absolute Gasteiger partial charge is 0.320 e. The van der Waals surface area contributed by atoms with Crippen molar-refractivity contribution in [3.8, 4) is 11.4 Å². The first-order valence-corrected chi connectivity index (χ1v) is 10.5. The first kappa shape index (κ1) is 20.8. The van der Waals surface area contributed by atoms with Crippen LogP contribution in [0.25, 0.3) is 33.5 Å². The lowest BCUT2D eigenvalue weighted by Gasteiger charge is -2.10. The Kier molecular flexibility index (Phi) is 5.12. The number of benzene rings is 3. The maximum Gasteiger partial charge on any atom is 0.320 e. The average molecular weight is 445 g/mol. The molecule has 0 radical (unpaired) electrons. The van der Waals surface area contributed by atoms with E-state index < -0.39 is 6.55 Å². The molecule has 5 rings (SSSR count). The van der Waals surface area contributed by atoms with Crippen molar-refractivity contribution < 1.29 is 13.6 Å². The number of halogens is 2. The zero-order valence-electron chi connectivity index (χ0n) is 18.1. The number of nitrogens with zero attached hydrogens (tertiary/aromatic N) is 4. The number of hydrogen-bond donors (Lipinski definition) is 1. The van der Waals surface area contributed by atoms with Crippen LogP contribution in [0, 0.1) is 13.8 Å². The Balaban J connectivity index is 1.36. The summed E-state index contributed by atoms with van der Waals surface area (Å²) >= 11 is 0. The number of carbonyl (C=O) groups is 1. The van der Waals surface area contributed by atoms with Crippen LogP contribution in [0.4, 0.5) is 14.5 Å². The van der Waals surface area contributed by atoms with E-state index in [1.54, 1.807) is 59.4 Å². The maximum absolute atomic E-state index is 13.7. The summed E-state index contributed by atoms with van der Waals surface area (Å²) in [7, 11) is 0. The molecule has 0 bridgehead atoms. The minimum atomic E-state index is -2.72. The van der Waals surface area contributed by atoms with E-state index >= 15 is 0 Å². The number of anilines is 1. The molecule has 2 aromatic heterocycles. The average Bonchev–Trinajstić information content (AvgIpc) is 3.36. The predicted molar refractivity (Wildman–Crippen MR) is 124 cm³/mol. The van der Waals surface area contributed by atoms with Gasteiger partial charge in [0.25, 0.3) is 0 Å². The van der Waals surface area contributed by atoms with Gasteiger partial charge in [0, 0.05) is 11.3 Å². The van der Waals surface area contributed by atoms with Gasteiger partial charge in [-0.25, -0.2) is 9.97 Å². The van der Waals surface area contributed by atoms with Crippen molar-refractivity contribution in [3.63, 3.8) is 0 Å². The molecule has 0 aliphatic rings. The summed E-state index contributed by atoms with van der Waals surface area (Å²) < 4.78 is 30.2. The zero-order chi connectivity index (χ0) is 23.1. The van der Waals surface area contributed by atoms with Gasteiger partial charge in [-0.3, -0.25) is 9.36 Å². The molecule has 0 atom stereocenters. The monoisotopic (exact) mass is 445 g/mol. The highest BCUT2D eigenvalue weighted by Gasteiger charge is 2.19. The van der Waals surface area contributed by atoms with Crippen molar-refractivity contribution in [2.24, 2.45) is 0 Å². The minimum Gasteiger partial charge on any atom is -0.325 e. The van der Waals surface area contributed by atoms with Gasteiger partial charge in [-0.2, -0.15) is 8.78 Å². The summed E-state index contributed by atoms with van der Waals surface area (Å²) in [6.45, 7) is 1.45. The molecule has 2 heterocycles. The highest BCUT2D eigenvalue weighted by atomic mass is 19.3. The molecule has 0 saturated heterocycles. The largest absolute Gasteiger partial charge is 0.325 e. The van der Waals surface area contributed by atoms with E-state index in [-0.39, 0.29) is 18.3 Å². The molecule has 0 aliphatic heterocycles. The van der Waals surface area contributed by atoms with Crippen LogP contribution in [0.1, 0.15) is 17.7 Å². The summed E-state index contributed by atoms with van der Waals surface area (Å²) in [5.74, 6) is -0.0280. The second-order valence-corrected chi connectivity index (χ2v) is 7.99. The summed E-state index contributed by atoms with van der Waals surface area (Å²) in [6, 6.07) is 17.5. The fraction of sp³-hybridized carbons (Fsp3) is 0.160. The van der Waals surface area contributed by atoms with Gasteiger partial charge in [0.2, 0.25) is 5.91 Å². The molecule has 6 nitrogen and oxygen atoms in total. The molecule has 0 spiro atoms. The second-order valence-electron chi connectivity index (χ2n) is 7.99. The SMILES string of the molecule is Cc1cc2ncn(CC(=O)Nc3ccc(-c4nc5ccccc5n4C(F)F)cc3)c2cc1C. The predicted octanol–water partition coefficient (Wildman–Crippen LogP) is 5.70. The number of carbonyl (C=O) groups excluding carboxylic acids is 1. The van der Waals surface area contributed by atoms with Gasteiger partial charge in [0.05, 0.1) is 28.4 Å². The number of nitrogens with one attached hydrogen (secondary N) is 1. The summed E-state index contributed by atoms with van der Waals surface area (Å²) in [5, 5.41) is 2.85. The van der Waals surface area contributed by atoms with Crippen molar-refractivity contribution in [1.82, 2.24) is 19.1 Å². The molecule has 166 valence electrons. The van der Waals surface area contributed by atoms with E-state index in [0.29, 0.717) is 22.3 Å². The number of imidazole rings is 2. The first-order chi connectivity index (χ1) is 15.9. The normalized spacial score (nSPS) is 11.5. The van der Waals surface area contributed by atoms with Crippen LogP contribution in [0.3, 0.4) is 0 Å². The number of rotatable bonds is 5. The van der Waals surface area contributed by atoms with Crippen LogP contribution in [0.2, 0.25) is 0 Å². The van der Waals surface area contributed by atoms with Crippen LogP contribution in [-0.2, 0) is 11.3 Å². The minimum absolute atomic E-state index is 0.113. The number of aryl methyl sites for hydroxylation is 2. The highest BCUT2D eigenvalue weighted by molar-refractivity contribution is 5.92. The molecule has 3 aromatic carbocycles. The first-order valence-electron chi connectivity index (χ1n) is 10.5. The highest BCUT2D eigenvalue weighted by Crippen LogP contribution is 2.30. The Morgan fingerprint density at radius 2 is 1.70 bits per heavy atom. The molecule has 0 fully saturated rings. The van der Waals surface area contributed by atoms with Gasteiger partial charge in [0.15, 0.2) is 0 Å². The van der Waals surface area contributed by atoms with Gasteiger partial charge >= 0.3 is 6.55 Å². The summed E-state index contributed by atoms with van der Waals surface area (Å²) in [6.07, 6.45) is 1.65. The Morgan fingerprint density at radius 1 is 0.970 bits per heavy atom. The third-order valence-corrected chi connectivity index (χ3v) is 5.77. The lowest BCUT2D eigenvalue weighted by atomic mass is 10.1. The van der Waals surface area contributed by atoms with Crippen molar-refractivity contribution in [2.45, 2.75) is 26.9 Å². The number of aromatic nitrogens is 4. The number of fused-ring (bicyclic) bond motifs is 2. The zero-order valence-corrected chi connectivity index (χ0v) is 18.1. The number of amides is 1. The quantitative estimate of drug-likeness (QED) is 0.377. The summed E-state index contributed by atoms with van der Waals surface area (Å²) in [4.78, 5) is 21.4. The number of alkyl halides is 2. The molecule has 5 aromatic rings. The van der Waals surface area contributed by atoms with Gasteiger partial charge < -0.3 is 9.88 Å². The van der Waals surface area contributed by atoms with Crippen molar-refractivity contribution in [1.29, 1.82) is 0 Å².